The molecule has 0 radical (unpaired) electrons. The standard InChI is InChI=1S/C14H15N3O2/c1-3-12(18-2)14-16-13(19-17-14)8-10-4-6-11(9-15)7-5-10/h4-7,12H,3,8H2,1-2H3. The number of nitrogens with zero attached hydrogens (tertiary/aromatic N) is 3. The molecule has 0 fully saturated rings. The van der Waals surface area contributed by atoms with Gasteiger partial charge in [-0.15, -0.1) is 0 Å². The van der Waals surface area contributed by atoms with Crippen LogP contribution in [0, 0.1) is 11.3 Å². The van der Waals surface area contributed by atoms with E-state index in [1.165, 1.54) is 0 Å². The minimum absolute atomic E-state index is 0.126. The van der Waals surface area contributed by atoms with E-state index in [2.05, 4.69) is 16.2 Å². The first-order valence-corrected chi connectivity index (χ1v) is 6.11. The molecule has 5 nitrogen and oxygen atoms in total. The average Bonchev–Trinajstić information content (AvgIpc) is 2.89. The van der Waals surface area contributed by atoms with E-state index in [1.54, 1.807) is 19.2 Å². The van der Waals surface area contributed by atoms with Gasteiger partial charge in [-0.3, -0.25) is 0 Å². The maximum Gasteiger partial charge on any atom is 0.231 e. The van der Waals surface area contributed by atoms with E-state index < -0.39 is 0 Å². The summed E-state index contributed by atoms with van der Waals surface area (Å²) in [6, 6.07) is 9.40. The number of ether oxygens (including phenoxy) is 1. The molecule has 1 aromatic carbocycles. The molecule has 0 N–H and O–H groups in total. The Balaban J connectivity index is 2.09. The molecule has 1 aromatic heterocycles. The van der Waals surface area contributed by atoms with E-state index in [0.717, 1.165) is 12.0 Å². The molecular formula is C14H15N3O2. The maximum absolute atomic E-state index is 8.73. The second kappa shape index (κ2) is 6.12. The van der Waals surface area contributed by atoms with Crippen LogP contribution in [0.3, 0.4) is 0 Å². The molecule has 1 unspecified atom stereocenters. The first-order valence-electron chi connectivity index (χ1n) is 6.11. The second-order valence-corrected chi connectivity index (χ2v) is 4.16. The highest BCUT2D eigenvalue weighted by Gasteiger charge is 2.15. The summed E-state index contributed by atoms with van der Waals surface area (Å²) < 4.78 is 10.5. The lowest BCUT2D eigenvalue weighted by molar-refractivity contribution is 0.0903. The number of benzene rings is 1. The Morgan fingerprint density at radius 3 is 2.68 bits per heavy atom. The van der Waals surface area contributed by atoms with E-state index in [0.29, 0.717) is 23.7 Å². The van der Waals surface area contributed by atoms with E-state index in [4.69, 9.17) is 14.5 Å². The van der Waals surface area contributed by atoms with Crippen molar-refractivity contribution < 1.29 is 9.26 Å². The summed E-state index contributed by atoms with van der Waals surface area (Å²) in [5, 5.41) is 12.7. The summed E-state index contributed by atoms with van der Waals surface area (Å²) in [7, 11) is 1.63. The van der Waals surface area contributed by atoms with Crippen molar-refractivity contribution in [3.8, 4) is 6.07 Å². The zero-order valence-corrected chi connectivity index (χ0v) is 11.0. The van der Waals surface area contributed by atoms with Crippen LogP contribution in [-0.2, 0) is 11.2 Å². The molecule has 2 aromatic rings. The van der Waals surface area contributed by atoms with Gasteiger partial charge in [0.1, 0.15) is 6.10 Å². The molecule has 0 saturated heterocycles. The first-order chi connectivity index (χ1) is 9.26. The molecule has 1 atom stereocenters. The molecule has 1 heterocycles. The van der Waals surface area contributed by atoms with Crippen molar-refractivity contribution >= 4 is 0 Å². The summed E-state index contributed by atoms with van der Waals surface area (Å²) in [6.45, 7) is 2.00. The number of methoxy groups -OCH3 is 1. The summed E-state index contributed by atoms with van der Waals surface area (Å²) >= 11 is 0. The average molecular weight is 257 g/mol. The van der Waals surface area contributed by atoms with Gasteiger partial charge in [-0.1, -0.05) is 24.2 Å². The Hall–Kier alpha value is -2.19. The van der Waals surface area contributed by atoms with Gasteiger partial charge in [-0.2, -0.15) is 10.2 Å². The molecular weight excluding hydrogens is 242 g/mol. The molecule has 0 saturated carbocycles. The second-order valence-electron chi connectivity index (χ2n) is 4.16. The van der Waals surface area contributed by atoms with Crippen LogP contribution in [0.1, 0.15) is 42.3 Å². The summed E-state index contributed by atoms with van der Waals surface area (Å²) in [5.41, 5.74) is 1.67. The van der Waals surface area contributed by atoms with Crippen LogP contribution >= 0.6 is 0 Å². The van der Waals surface area contributed by atoms with Crippen molar-refractivity contribution in [1.82, 2.24) is 10.1 Å². The van der Waals surface area contributed by atoms with Gasteiger partial charge in [0.15, 0.2) is 0 Å². The lowest BCUT2D eigenvalue weighted by atomic mass is 10.1. The topological polar surface area (TPSA) is 71.9 Å². The normalized spacial score (nSPS) is 12.1. The first kappa shape index (κ1) is 13.2. The van der Waals surface area contributed by atoms with E-state index in [-0.39, 0.29) is 6.10 Å². The molecule has 2 rings (SSSR count). The Labute approximate surface area is 111 Å². The third-order valence-electron chi connectivity index (χ3n) is 2.87. The molecule has 0 amide bonds. The van der Waals surface area contributed by atoms with Gasteiger partial charge in [0, 0.05) is 7.11 Å². The largest absolute Gasteiger partial charge is 0.373 e. The van der Waals surface area contributed by atoms with Gasteiger partial charge in [0.25, 0.3) is 0 Å². The molecule has 0 bridgehead atoms. The van der Waals surface area contributed by atoms with Crippen LogP contribution < -0.4 is 0 Å². The predicted molar refractivity (Wildman–Crippen MR) is 68.3 cm³/mol. The number of rotatable bonds is 5. The molecule has 19 heavy (non-hydrogen) atoms. The quantitative estimate of drug-likeness (QED) is 0.823. The number of aromatic nitrogens is 2. The highest BCUT2D eigenvalue weighted by molar-refractivity contribution is 5.32. The minimum atomic E-state index is -0.126. The smallest absolute Gasteiger partial charge is 0.231 e. The van der Waals surface area contributed by atoms with Crippen molar-refractivity contribution in [3.05, 3.63) is 47.1 Å². The fourth-order valence-corrected chi connectivity index (χ4v) is 1.80. The lowest BCUT2D eigenvalue weighted by Gasteiger charge is -2.06. The van der Waals surface area contributed by atoms with Gasteiger partial charge in [-0.05, 0) is 24.1 Å². The molecule has 0 aliphatic heterocycles. The van der Waals surface area contributed by atoms with Crippen molar-refractivity contribution in [3.63, 3.8) is 0 Å². The molecule has 5 heteroatoms. The molecule has 0 aliphatic rings. The van der Waals surface area contributed by atoms with Crippen LogP contribution in [0.25, 0.3) is 0 Å². The Bertz CT molecular complexity index is 565. The third kappa shape index (κ3) is 3.18. The summed E-state index contributed by atoms with van der Waals surface area (Å²) in [6.07, 6.45) is 1.23. The molecule has 0 aliphatic carbocycles. The summed E-state index contributed by atoms with van der Waals surface area (Å²) in [4.78, 5) is 4.32. The zero-order valence-electron chi connectivity index (χ0n) is 11.0. The minimum Gasteiger partial charge on any atom is -0.373 e. The number of hydrogen-bond donors (Lipinski definition) is 0. The number of hydrogen-bond acceptors (Lipinski definition) is 5. The Morgan fingerprint density at radius 2 is 2.11 bits per heavy atom. The Kier molecular flexibility index (Phi) is 4.26. The highest BCUT2D eigenvalue weighted by Crippen LogP contribution is 2.17. The monoisotopic (exact) mass is 257 g/mol. The van der Waals surface area contributed by atoms with Gasteiger partial charge in [0.2, 0.25) is 11.7 Å². The van der Waals surface area contributed by atoms with Gasteiger partial charge in [0.05, 0.1) is 18.1 Å². The number of nitriles is 1. The zero-order chi connectivity index (χ0) is 13.7. The van der Waals surface area contributed by atoms with Crippen molar-refractivity contribution in [1.29, 1.82) is 5.26 Å². The van der Waals surface area contributed by atoms with Gasteiger partial charge >= 0.3 is 0 Å². The maximum atomic E-state index is 8.73. The third-order valence-corrected chi connectivity index (χ3v) is 2.87. The van der Waals surface area contributed by atoms with E-state index in [9.17, 15) is 0 Å². The van der Waals surface area contributed by atoms with Crippen LogP contribution in [0.2, 0.25) is 0 Å². The lowest BCUT2D eigenvalue weighted by Crippen LogP contribution is -2.02. The molecule has 0 spiro atoms. The van der Waals surface area contributed by atoms with Crippen LogP contribution in [-0.4, -0.2) is 17.3 Å². The van der Waals surface area contributed by atoms with Gasteiger partial charge in [-0.25, -0.2) is 0 Å². The SMILES string of the molecule is CCC(OC)c1noc(Cc2ccc(C#N)cc2)n1. The van der Waals surface area contributed by atoms with E-state index >= 15 is 0 Å². The van der Waals surface area contributed by atoms with Crippen molar-refractivity contribution in [2.75, 3.05) is 7.11 Å². The van der Waals surface area contributed by atoms with Crippen LogP contribution in [0.15, 0.2) is 28.8 Å². The Morgan fingerprint density at radius 1 is 1.37 bits per heavy atom. The summed E-state index contributed by atoms with van der Waals surface area (Å²) in [5.74, 6) is 1.13. The highest BCUT2D eigenvalue weighted by atomic mass is 16.5. The fraction of sp³-hybridized carbons (Fsp3) is 0.357. The predicted octanol–water partition coefficient (Wildman–Crippen LogP) is 2.63. The van der Waals surface area contributed by atoms with Crippen molar-refractivity contribution in [2.45, 2.75) is 25.9 Å². The van der Waals surface area contributed by atoms with Crippen LogP contribution in [0.5, 0.6) is 0 Å². The van der Waals surface area contributed by atoms with Crippen molar-refractivity contribution in [2.24, 2.45) is 0 Å². The fourth-order valence-electron chi connectivity index (χ4n) is 1.80. The molecule has 98 valence electrons. The van der Waals surface area contributed by atoms with Crippen LogP contribution in [0.4, 0.5) is 0 Å². The van der Waals surface area contributed by atoms with E-state index in [1.807, 2.05) is 19.1 Å². The van der Waals surface area contributed by atoms with Gasteiger partial charge < -0.3 is 9.26 Å².